The average molecular weight is 265 g/mol. The summed E-state index contributed by atoms with van der Waals surface area (Å²) in [5.41, 5.74) is 6.07. The highest BCUT2D eigenvalue weighted by atomic mass is 16.4. The van der Waals surface area contributed by atoms with Gasteiger partial charge in [-0.25, -0.2) is 4.79 Å². The molecule has 1 aromatic rings. The van der Waals surface area contributed by atoms with Crippen LogP contribution >= 0.6 is 0 Å². The lowest BCUT2D eigenvalue weighted by molar-refractivity contribution is -0.121. The van der Waals surface area contributed by atoms with Gasteiger partial charge < -0.3 is 16.2 Å². The first-order valence-corrected chi connectivity index (χ1v) is 6.28. The molecule has 6 nitrogen and oxygen atoms in total. The molecule has 19 heavy (non-hydrogen) atoms. The summed E-state index contributed by atoms with van der Waals surface area (Å²) in [7, 11) is 0. The van der Waals surface area contributed by atoms with Crippen LogP contribution in [0.3, 0.4) is 0 Å². The first kappa shape index (κ1) is 15.1. The smallest absolute Gasteiger partial charge is 0.335 e. The molecule has 0 radical (unpaired) electrons. The van der Waals surface area contributed by atoms with Crippen molar-refractivity contribution in [3.05, 3.63) is 29.6 Å². The fourth-order valence-corrected chi connectivity index (χ4v) is 1.59. The van der Waals surface area contributed by atoms with Gasteiger partial charge in [-0.2, -0.15) is 0 Å². The van der Waals surface area contributed by atoms with Crippen molar-refractivity contribution in [3.63, 3.8) is 0 Å². The Labute approximate surface area is 112 Å². The summed E-state index contributed by atoms with van der Waals surface area (Å²) in [5, 5.41) is 11.5. The Morgan fingerprint density at radius 3 is 2.79 bits per heavy atom. The van der Waals surface area contributed by atoms with Crippen LogP contribution in [0.2, 0.25) is 0 Å². The average Bonchev–Trinajstić information content (AvgIpc) is 2.41. The molecule has 0 saturated carbocycles. The normalized spacial score (nSPS) is 10.2. The summed E-state index contributed by atoms with van der Waals surface area (Å²) in [4.78, 5) is 26.3. The third-order valence-corrected chi connectivity index (χ3v) is 2.64. The van der Waals surface area contributed by atoms with Gasteiger partial charge in [0.2, 0.25) is 5.91 Å². The van der Waals surface area contributed by atoms with Crippen LogP contribution in [0.4, 0.5) is 0 Å². The number of unbranched alkanes of at least 4 members (excludes halogenated alkanes) is 2. The van der Waals surface area contributed by atoms with E-state index in [1.54, 1.807) is 0 Å². The molecule has 0 aliphatic heterocycles. The maximum Gasteiger partial charge on any atom is 0.335 e. The van der Waals surface area contributed by atoms with E-state index in [0.29, 0.717) is 18.7 Å². The van der Waals surface area contributed by atoms with E-state index < -0.39 is 5.97 Å². The second kappa shape index (κ2) is 8.20. The van der Waals surface area contributed by atoms with Gasteiger partial charge in [-0.15, -0.1) is 0 Å². The molecule has 0 saturated heterocycles. The monoisotopic (exact) mass is 265 g/mol. The Kier molecular flexibility index (Phi) is 6.52. The predicted molar refractivity (Wildman–Crippen MR) is 70.6 cm³/mol. The molecule has 0 bridgehead atoms. The molecule has 1 rings (SSSR count). The predicted octanol–water partition coefficient (Wildman–Crippen LogP) is 0.915. The molecule has 1 aromatic heterocycles. The van der Waals surface area contributed by atoms with Gasteiger partial charge in [-0.1, -0.05) is 6.42 Å². The summed E-state index contributed by atoms with van der Waals surface area (Å²) < 4.78 is 0. The molecule has 6 heteroatoms. The number of amides is 1. The van der Waals surface area contributed by atoms with E-state index in [4.69, 9.17) is 10.8 Å². The zero-order valence-electron chi connectivity index (χ0n) is 10.8. The van der Waals surface area contributed by atoms with Crippen molar-refractivity contribution in [2.24, 2.45) is 5.73 Å². The number of aromatic carboxylic acids is 1. The third-order valence-electron chi connectivity index (χ3n) is 2.64. The number of nitrogens with zero attached hydrogens (tertiary/aromatic N) is 1. The first-order chi connectivity index (χ1) is 9.13. The quantitative estimate of drug-likeness (QED) is 0.606. The Morgan fingerprint density at radius 1 is 1.32 bits per heavy atom. The lowest BCUT2D eigenvalue weighted by Crippen LogP contribution is -2.23. The maximum absolute atomic E-state index is 11.5. The van der Waals surface area contributed by atoms with Gasteiger partial charge in [-0.05, 0) is 31.5 Å². The van der Waals surface area contributed by atoms with Crippen molar-refractivity contribution in [2.75, 3.05) is 6.54 Å². The van der Waals surface area contributed by atoms with E-state index in [1.807, 2.05) is 0 Å². The molecule has 0 fully saturated rings. The van der Waals surface area contributed by atoms with E-state index in [0.717, 1.165) is 19.3 Å². The van der Waals surface area contributed by atoms with E-state index in [2.05, 4.69) is 10.3 Å². The largest absolute Gasteiger partial charge is 0.478 e. The summed E-state index contributed by atoms with van der Waals surface area (Å²) in [5.74, 6) is -1.06. The molecule has 0 aliphatic rings. The Balaban J connectivity index is 2.33. The molecule has 1 amide bonds. The molecule has 0 aliphatic carbocycles. The number of carbonyl (C=O) groups is 2. The molecule has 0 aromatic carbocycles. The fourth-order valence-electron chi connectivity index (χ4n) is 1.59. The van der Waals surface area contributed by atoms with Crippen LogP contribution < -0.4 is 11.1 Å². The van der Waals surface area contributed by atoms with Crippen LogP contribution in [-0.2, 0) is 11.3 Å². The lowest BCUT2D eigenvalue weighted by atomic mass is 10.2. The fraction of sp³-hybridized carbons (Fsp3) is 0.462. The molecule has 0 atom stereocenters. The zero-order chi connectivity index (χ0) is 14.1. The highest BCUT2D eigenvalue weighted by Crippen LogP contribution is 2.02. The number of carbonyl (C=O) groups excluding carboxylic acids is 1. The minimum Gasteiger partial charge on any atom is -0.478 e. The van der Waals surface area contributed by atoms with Crippen LogP contribution in [0.1, 0.15) is 41.7 Å². The summed E-state index contributed by atoms with van der Waals surface area (Å²) in [6, 6.07) is 2.87. The van der Waals surface area contributed by atoms with Crippen molar-refractivity contribution in [1.82, 2.24) is 10.3 Å². The van der Waals surface area contributed by atoms with Gasteiger partial charge in [-0.3, -0.25) is 9.78 Å². The summed E-state index contributed by atoms with van der Waals surface area (Å²) in [6.07, 6.45) is 4.56. The first-order valence-electron chi connectivity index (χ1n) is 6.28. The van der Waals surface area contributed by atoms with Gasteiger partial charge in [0.25, 0.3) is 0 Å². The Hall–Kier alpha value is -1.95. The third kappa shape index (κ3) is 5.96. The van der Waals surface area contributed by atoms with Crippen molar-refractivity contribution in [1.29, 1.82) is 0 Å². The maximum atomic E-state index is 11.5. The number of rotatable bonds is 8. The minimum absolute atomic E-state index is 0.0560. The second-order valence-electron chi connectivity index (χ2n) is 4.22. The number of hydrogen-bond acceptors (Lipinski definition) is 4. The second-order valence-corrected chi connectivity index (χ2v) is 4.22. The molecule has 104 valence electrons. The van der Waals surface area contributed by atoms with Crippen LogP contribution in [0, 0.1) is 0 Å². The molecular weight excluding hydrogens is 246 g/mol. The van der Waals surface area contributed by atoms with E-state index in [9.17, 15) is 9.59 Å². The van der Waals surface area contributed by atoms with Crippen LogP contribution in [0.5, 0.6) is 0 Å². The number of hydrogen-bond donors (Lipinski definition) is 3. The van der Waals surface area contributed by atoms with Gasteiger partial charge in [0, 0.05) is 12.6 Å². The molecular formula is C13H19N3O3. The highest BCUT2D eigenvalue weighted by Gasteiger charge is 2.05. The number of aromatic nitrogens is 1. The van der Waals surface area contributed by atoms with E-state index in [1.165, 1.54) is 18.3 Å². The van der Waals surface area contributed by atoms with Gasteiger partial charge >= 0.3 is 5.97 Å². The van der Waals surface area contributed by atoms with Crippen LogP contribution in [0.25, 0.3) is 0 Å². The number of pyridine rings is 1. The van der Waals surface area contributed by atoms with Gasteiger partial charge in [0.1, 0.15) is 0 Å². The number of carboxylic acid groups (broad SMARTS) is 1. The van der Waals surface area contributed by atoms with Crippen molar-refractivity contribution >= 4 is 11.9 Å². The Morgan fingerprint density at radius 2 is 2.11 bits per heavy atom. The van der Waals surface area contributed by atoms with E-state index >= 15 is 0 Å². The van der Waals surface area contributed by atoms with Gasteiger partial charge in [0.15, 0.2) is 0 Å². The summed E-state index contributed by atoms with van der Waals surface area (Å²) in [6.45, 7) is 0.893. The zero-order valence-corrected chi connectivity index (χ0v) is 10.8. The van der Waals surface area contributed by atoms with Crippen molar-refractivity contribution < 1.29 is 14.7 Å². The molecule has 1 heterocycles. The standard InChI is InChI=1S/C13H19N3O3/c14-6-3-1-2-4-12(17)16-9-11-8-10(13(18)19)5-7-15-11/h5,7-8H,1-4,6,9,14H2,(H,16,17)(H,18,19). The molecule has 4 N–H and O–H groups in total. The minimum atomic E-state index is -1.00. The number of nitrogens with two attached hydrogens (primary N) is 1. The SMILES string of the molecule is NCCCCCC(=O)NCc1cc(C(=O)O)ccn1. The molecule has 0 unspecified atom stereocenters. The highest BCUT2D eigenvalue weighted by molar-refractivity contribution is 5.87. The lowest BCUT2D eigenvalue weighted by Gasteiger charge is -2.05. The van der Waals surface area contributed by atoms with Gasteiger partial charge in [0.05, 0.1) is 17.8 Å². The van der Waals surface area contributed by atoms with Crippen molar-refractivity contribution in [3.8, 4) is 0 Å². The topological polar surface area (TPSA) is 105 Å². The number of carboxylic acids is 1. The van der Waals surface area contributed by atoms with Crippen LogP contribution in [-0.4, -0.2) is 28.5 Å². The Bertz CT molecular complexity index is 435. The summed E-state index contributed by atoms with van der Waals surface area (Å²) >= 11 is 0. The van der Waals surface area contributed by atoms with Crippen LogP contribution in [0.15, 0.2) is 18.3 Å². The van der Waals surface area contributed by atoms with Crippen molar-refractivity contribution in [2.45, 2.75) is 32.2 Å². The number of nitrogens with one attached hydrogen (secondary N) is 1. The van der Waals surface area contributed by atoms with E-state index in [-0.39, 0.29) is 18.0 Å². The molecule has 0 spiro atoms.